The zero-order valence-electron chi connectivity index (χ0n) is 8.55. The van der Waals surface area contributed by atoms with Crippen LogP contribution in [0, 0.1) is 11.8 Å². The van der Waals surface area contributed by atoms with E-state index in [4.69, 9.17) is 0 Å². The van der Waals surface area contributed by atoms with Crippen molar-refractivity contribution >= 4 is 22.4 Å². The van der Waals surface area contributed by atoms with Crippen molar-refractivity contribution in [2.24, 2.45) is 11.8 Å². The monoisotopic (exact) mass is 252 g/mol. The molecule has 0 amide bonds. The van der Waals surface area contributed by atoms with Crippen molar-refractivity contribution in [2.45, 2.75) is 18.1 Å². The third-order valence-electron chi connectivity index (χ3n) is 3.66. The first-order chi connectivity index (χ1) is 6.68. The van der Waals surface area contributed by atoms with Crippen LogP contribution in [0.2, 0.25) is 0 Å². The molecule has 88 valence electrons. The van der Waals surface area contributed by atoms with Gasteiger partial charge >= 0.3 is 0 Å². The van der Waals surface area contributed by atoms with Gasteiger partial charge in [-0.15, -0.1) is 12.4 Å². The van der Waals surface area contributed by atoms with Crippen LogP contribution in [0.5, 0.6) is 0 Å². The van der Waals surface area contributed by atoms with Crippen LogP contribution in [-0.2, 0) is 10.0 Å². The van der Waals surface area contributed by atoms with Crippen molar-refractivity contribution in [3.63, 3.8) is 0 Å². The fourth-order valence-electron chi connectivity index (χ4n) is 2.60. The smallest absolute Gasteiger partial charge is 0.217 e. The van der Waals surface area contributed by atoms with Crippen LogP contribution in [0.25, 0.3) is 0 Å². The van der Waals surface area contributed by atoms with Crippen LogP contribution >= 0.6 is 12.4 Å². The van der Waals surface area contributed by atoms with Crippen molar-refractivity contribution in [2.75, 3.05) is 26.2 Å². The fraction of sp³-hybridized carbons (Fsp3) is 1.00. The SMILES string of the molecule is Cl.O=S(=O)(C1CC1)N1C[C@H]2CNC[C@H]2C1. The highest BCUT2D eigenvalue weighted by Crippen LogP contribution is 2.36. The number of nitrogens with zero attached hydrogens (tertiary/aromatic N) is 1. The number of fused-ring (bicyclic) bond motifs is 1. The van der Waals surface area contributed by atoms with Crippen LogP contribution in [0.4, 0.5) is 0 Å². The lowest BCUT2D eigenvalue weighted by molar-refractivity contribution is 0.447. The lowest BCUT2D eigenvalue weighted by atomic mass is 10.0. The summed E-state index contributed by atoms with van der Waals surface area (Å²) in [6.07, 6.45) is 1.76. The van der Waals surface area contributed by atoms with Gasteiger partial charge in [-0.2, -0.15) is 0 Å². The zero-order chi connectivity index (χ0) is 9.76. The summed E-state index contributed by atoms with van der Waals surface area (Å²) < 4.78 is 25.6. The Bertz CT molecular complexity index is 330. The molecule has 4 nitrogen and oxygen atoms in total. The van der Waals surface area contributed by atoms with E-state index in [0.717, 1.165) is 39.0 Å². The highest BCUT2D eigenvalue weighted by molar-refractivity contribution is 7.90. The summed E-state index contributed by atoms with van der Waals surface area (Å²) in [6.45, 7) is 3.52. The Morgan fingerprint density at radius 2 is 1.60 bits per heavy atom. The minimum absolute atomic E-state index is 0. The van der Waals surface area contributed by atoms with Crippen molar-refractivity contribution in [1.82, 2.24) is 9.62 Å². The van der Waals surface area contributed by atoms with E-state index in [9.17, 15) is 8.42 Å². The molecule has 0 bridgehead atoms. The van der Waals surface area contributed by atoms with Gasteiger partial charge in [0, 0.05) is 13.1 Å². The predicted molar refractivity (Wildman–Crippen MR) is 60.6 cm³/mol. The Morgan fingerprint density at radius 3 is 2.07 bits per heavy atom. The second-order valence-corrected chi connectivity index (χ2v) is 6.95. The molecule has 0 radical (unpaired) electrons. The summed E-state index contributed by atoms with van der Waals surface area (Å²) in [5.74, 6) is 1.15. The van der Waals surface area contributed by atoms with Crippen molar-refractivity contribution in [1.29, 1.82) is 0 Å². The van der Waals surface area contributed by atoms with Gasteiger partial charge in [0.2, 0.25) is 10.0 Å². The minimum Gasteiger partial charge on any atom is -0.316 e. The van der Waals surface area contributed by atoms with Gasteiger partial charge in [0.1, 0.15) is 0 Å². The van der Waals surface area contributed by atoms with Crippen LogP contribution in [-0.4, -0.2) is 44.2 Å². The number of halogens is 1. The molecule has 2 saturated heterocycles. The summed E-state index contributed by atoms with van der Waals surface area (Å²) in [7, 11) is -2.90. The van der Waals surface area contributed by atoms with Gasteiger partial charge in [0.05, 0.1) is 5.25 Å². The Balaban J connectivity index is 0.000000853. The van der Waals surface area contributed by atoms with Crippen LogP contribution in [0.3, 0.4) is 0 Å². The average molecular weight is 253 g/mol. The summed E-state index contributed by atoms with van der Waals surface area (Å²) in [6, 6.07) is 0. The molecule has 6 heteroatoms. The summed E-state index contributed by atoms with van der Waals surface area (Å²) in [5, 5.41) is 3.29. The highest BCUT2D eigenvalue weighted by atomic mass is 35.5. The Kier molecular flexibility index (Phi) is 3.01. The van der Waals surface area contributed by atoms with E-state index in [1.54, 1.807) is 4.31 Å². The largest absolute Gasteiger partial charge is 0.316 e. The van der Waals surface area contributed by atoms with Crippen molar-refractivity contribution < 1.29 is 8.42 Å². The molecule has 15 heavy (non-hydrogen) atoms. The molecule has 2 heterocycles. The average Bonchev–Trinajstić information content (AvgIpc) is 2.75. The van der Waals surface area contributed by atoms with E-state index in [1.807, 2.05) is 0 Å². The standard InChI is InChI=1S/C9H16N2O2S.ClH/c12-14(13,9-1-2-9)11-5-7-3-10-4-8(7)6-11;/h7-10H,1-6H2;1H/t7-,8+;. The minimum atomic E-state index is -2.90. The van der Waals surface area contributed by atoms with Crippen molar-refractivity contribution in [3.8, 4) is 0 Å². The molecule has 3 rings (SSSR count). The van der Waals surface area contributed by atoms with Crippen molar-refractivity contribution in [3.05, 3.63) is 0 Å². The molecule has 0 aromatic carbocycles. The molecule has 1 aliphatic carbocycles. The summed E-state index contributed by atoms with van der Waals surface area (Å²) in [4.78, 5) is 0. The molecule has 0 aromatic rings. The lowest BCUT2D eigenvalue weighted by Crippen LogP contribution is -2.34. The predicted octanol–water partition coefficient (Wildman–Crippen LogP) is 0.0516. The molecule has 0 aromatic heterocycles. The highest BCUT2D eigenvalue weighted by Gasteiger charge is 2.46. The fourth-order valence-corrected chi connectivity index (χ4v) is 4.55. The molecular formula is C9H17ClN2O2S. The maximum Gasteiger partial charge on any atom is 0.217 e. The maximum atomic E-state index is 11.9. The van der Waals surface area contributed by atoms with Gasteiger partial charge in [-0.1, -0.05) is 0 Å². The molecule has 1 N–H and O–H groups in total. The Hall–Kier alpha value is 0.160. The topological polar surface area (TPSA) is 49.4 Å². The number of hydrogen-bond donors (Lipinski definition) is 1. The molecule has 3 aliphatic rings. The van der Waals surface area contributed by atoms with Crippen LogP contribution in [0.15, 0.2) is 0 Å². The van der Waals surface area contributed by atoms with Gasteiger partial charge in [-0.3, -0.25) is 0 Å². The first-order valence-electron chi connectivity index (χ1n) is 5.37. The van der Waals surface area contributed by atoms with E-state index in [2.05, 4.69) is 5.32 Å². The van der Waals surface area contributed by atoms with Gasteiger partial charge in [-0.05, 0) is 37.8 Å². The maximum absolute atomic E-state index is 11.9. The number of hydrogen-bond acceptors (Lipinski definition) is 3. The molecule has 0 unspecified atom stereocenters. The van der Waals surface area contributed by atoms with E-state index < -0.39 is 10.0 Å². The first-order valence-corrected chi connectivity index (χ1v) is 6.88. The van der Waals surface area contributed by atoms with E-state index in [0.29, 0.717) is 11.8 Å². The molecule has 3 fully saturated rings. The van der Waals surface area contributed by atoms with E-state index >= 15 is 0 Å². The molecule has 0 spiro atoms. The zero-order valence-corrected chi connectivity index (χ0v) is 10.2. The molecular weight excluding hydrogens is 236 g/mol. The molecule has 2 aliphatic heterocycles. The normalized spacial score (nSPS) is 36.3. The van der Waals surface area contributed by atoms with E-state index in [1.165, 1.54) is 0 Å². The van der Waals surface area contributed by atoms with Crippen LogP contribution < -0.4 is 5.32 Å². The number of rotatable bonds is 2. The number of sulfonamides is 1. The van der Waals surface area contributed by atoms with Gasteiger partial charge in [0.25, 0.3) is 0 Å². The van der Waals surface area contributed by atoms with Crippen LogP contribution in [0.1, 0.15) is 12.8 Å². The van der Waals surface area contributed by atoms with Gasteiger partial charge in [0.15, 0.2) is 0 Å². The second-order valence-electron chi connectivity index (χ2n) is 4.74. The third-order valence-corrected chi connectivity index (χ3v) is 5.99. The first kappa shape index (κ1) is 11.6. The van der Waals surface area contributed by atoms with E-state index in [-0.39, 0.29) is 17.7 Å². The van der Waals surface area contributed by atoms with Gasteiger partial charge in [-0.25, -0.2) is 12.7 Å². The third kappa shape index (κ3) is 1.90. The molecule has 1 saturated carbocycles. The second kappa shape index (κ2) is 3.87. The Morgan fingerprint density at radius 1 is 1.07 bits per heavy atom. The Labute approximate surface area is 96.9 Å². The summed E-state index contributed by atoms with van der Waals surface area (Å²) >= 11 is 0. The van der Waals surface area contributed by atoms with Gasteiger partial charge < -0.3 is 5.32 Å². The quantitative estimate of drug-likeness (QED) is 0.756. The molecule has 2 atom stereocenters. The lowest BCUT2D eigenvalue weighted by Gasteiger charge is -2.16. The summed E-state index contributed by atoms with van der Waals surface area (Å²) in [5.41, 5.74) is 0. The number of nitrogens with one attached hydrogen (secondary N) is 1.